The van der Waals surface area contributed by atoms with Crippen molar-refractivity contribution in [1.82, 2.24) is 10.2 Å². The Morgan fingerprint density at radius 1 is 1.35 bits per heavy atom. The van der Waals surface area contributed by atoms with Gasteiger partial charge >= 0.3 is 0 Å². The van der Waals surface area contributed by atoms with E-state index in [0.29, 0.717) is 6.04 Å². The van der Waals surface area contributed by atoms with Gasteiger partial charge in [-0.25, -0.2) is 0 Å². The second kappa shape index (κ2) is 8.49. The molecule has 1 aromatic carbocycles. The van der Waals surface area contributed by atoms with E-state index >= 15 is 0 Å². The number of aliphatic imine (C=N–C) groups is 1. The first-order chi connectivity index (χ1) is 9.24. The van der Waals surface area contributed by atoms with E-state index in [1.165, 1.54) is 24.8 Å². The van der Waals surface area contributed by atoms with Crippen LogP contribution in [0.15, 0.2) is 35.3 Å². The van der Waals surface area contributed by atoms with E-state index in [9.17, 15) is 0 Å². The van der Waals surface area contributed by atoms with Gasteiger partial charge in [0.2, 0.25) is 0 Å². The van der Waals surface area contributed by atoms with Gasteiger partial charge in [-0.2, -0.15) is 0 Å². The fraction of sp³-hybridized carbons (Fsp3) is 0.562. The zero-order chi connectivity index (χ0) is 13.7. The molecule has 2 rings (SSSR count). The molecule has 1 fully saturated rings. The lowest BCUT2D eigenvalue weighted by Gasteiger charge is -2.22. The molecule has 0 aromatic heterocycles. The largest absolute Gasteiger partial charge is 0.353 e. The number of benzene rings is 1. The van der Waals surface area contributed by atoms with Crippen molar-refractivity contribution < 1.29 is 0 Å². The van der Waals surface area contributed by atoms with Crippen LogP contribution in [0.1, 0.15) is 31.7 Å². The van der Waals surface area contributed by atoms with Gasteiger partial charge in [-0.3, -0.25) is 4.99 Å². The highest BCUT2D eigenvalue weighted by Gasteiger charge is 2.36. The Hall–Kier alpha value is -0.780. The topological polar surface area (TPSA) is 27.6 Å². The Bertz CT molecular complexity index is 419. The van der Waals surface area contributed by atoms with Crippen LogP contribution in [-0.2, 0) is 6.54 Å². The third-order valence-corrected chi connectivity index (χ3v) is 3.73. The van der Waals surface area contributed by atoms with Crippen LogP contribution in [-0.4, -0.2) is 31.0 Å². The van der Waals surface area contributed by atoms with Crippen LogP contribution < -0.4 is 5.32 Å². The van der Waals surface area contributed by atoms with E-state index in [1.54, 1.807) is 0 Å². The number of halogens is 1. The molecule has 1 aliphatic carbocycles. The molecule has 112 valence electrons. The Labute approximate surface area is 139 Å². The number of hydrogen-bond acceptors (Lipinski definition) is 1. The van der Waals surface area contributed by atoms with Crippen molar-refractivity contribution in [1.29, 1.82) is 0 Å². The minimum Gasteiger partial charge on any atom is -0.353 e. The Balaban J connectivity index is 0.00000200. The summed E-state index contributed by atoms with van der Waals surface area (Å²) in [6.45, 7) is 3.15. The van der Waals surface area contributed by atoms with Crippen LogP contribution in [0.25, 0.3) is 0 Å². The molecule has 2 atom stereocenters. The summed E-state index contributed by atoms with van der Waals surface area (Å²) in [4.78, 5) is 6.58. The second-order valence-electron chi connectivity index (χ2n) is 5.42. The molecule has 0 spiro atoms. The SMILES string of the molecule is CCCC1CC1NC(=NC)N(C)Cc1ccccc1.I. The molecule has 0 saturated heterocycles. The molecule has 1 N–H and O–H groups in total. The summed E-state index contributed by atoms with van der Waals surface area (Å²) in [6, 6.07) is 11.2. The first kappa shape index (κ1) is 17.3. The van der Waals surface area contributed by atoms with Crippen LogP contribution in [0.3, 0.4) is 0 Å². The van der Waals surface area contributed by atoms with E-state index in [-0.39, 0.29) is 24.0 Å². The molecule has 0 bridgehead atoms. The molecule has 20 heavy (non-hydrogen) atoms. The van der Waals surface area contributed by atoms with Crippen LogP contribution in [0.5, 0.6) is 0 Å². The molecule has 0 amide bonds. The molecule has 1 aliphatic rings. The number of nitrogens with one attached hydrogen (secondary N) is 1. The van der Waals surface area contributed by atoms with Gasteiger partial charge in [0.05, 0.1) is 0 Å². The van der Waals surface area contributed by atoms with Crippen LogP contribution in [0.4, 0.5) is 0 Å². The zero-order valence-corrected chi connectivity index (χ0v) is 15.0. The average Bonchev–Trinajstić information content (AvgIpc) is 3.15. The molecular weight excluding hydrogens is 361 g/mol. The van der Waals surface area contributed by atoms with E-state index in [2.05, 4.69) is 59.5 Å². The third-order valence-electron chi connectivity index (χ3n) is 3.73. The smallest absolute Gasteiger partial charge is 0.193 e. The van der Waals surface area contributed by atoms with Crippen LogP contribution >= 0.6 is 24.0 Å². The maximum Gasteiger partial charge on any atom is 0.193 e. The summed E-state index contributed by atoms with van der Waals surface area (Å²) in [5, 5.41) is 3.57. The van der Waals surface area contributed by atoms with Crippen molar-refractivity contribution in [3.63, 3.8) is 0 Å². The first-order valence-electron chi connectivity index (χ1n) is 7.23. The van der Waals surface area contributed by atoms with Crippen molar-refractivity contribution in [2.75, 3.05) is 14.1 Å². The van der Waals surface area contributed by atoms with Crippen molar-refractivity contribution in [2.24, 2.45) is 10.9 Å². The van der Waals surface area contributed by atoms with E-state index in [4.69, 9.17) is 0 Å². The van der Waals surface area contributed by atoms with Gasteiger partial charge in [-0.1, -0.05) is 43.7 Å². The van der Waals surface area contributed by atoms with Gasteiger partial charge in [-0.15, -0.1) is 24.0 Å². The average molecular weight is 387 g/mol. The van der Waals surface area contributed by atoms with Crippen molar-refractivity contribution in [2.45, 2.75) is 38.8 Å². The van der Waals surface area contributed by atoms with Gasteiger partial charge in [-0.05, 0) is 24.3 Å². The quantitative estimate of drug-likeness (QED) is 0.476. The van der Waals surface area contributed by atoms with Crippen LogP contribution in [0.2, 0.25) is 0 Å². The highest BCUT2D eigenvalue weighted by Crippen LogP contribution is 2.34. The number of rotatable bonds is 5. The lowest BCUT2D eigenvalue weighted by atomic mass is 10.2. The van der Waals surface area contributed by atoms with E-state index < -0.39 is 0 Å². The minimum atomic E-state index is 0. The molecule has 1 aromatic rings. The van der Waals surface area contributed by atoms with E-state index in [0.717, 1.165) is 18.4 Å². The Kier molecular flexibility index (Phi) is 7.34. The maximum absolute atomic E-state index is 4.39. The highest BCUT2D eigenvalue weighted by molar-refractivity contribution is 14.0. The summed E-state index contributed by atoms with van der Waals surface area (Å²) < 4.78 is 0. The van der Waals surface area contributed by atoms with E-state index in [1.807, 2.05) is 7.05 Å². The Morgan fingerprint density at radius 3 is 2.65 bits per heavy atom. The second-order valence-corrected chi connectivity index (χ2v) is 5.42. The molecule has 3 nitrogen and oxygen atoms in total. The lowest BCUT2D eigenvalue weighted by molar-refractivity contribution is 0.472. The summed E-state index contributed by atoms with van der Waals surface area (Å²) in [5.74, 6) is 1.86. The summed E-state index contributed by atoms with van der Waals surface area (Å²) in [5.41, 5.74) is 1.31. The molecule has 2 unspecified atom stereocenters. The Morgan fingerprint density at radius 2 is 2.05 bits per heavy atom. The summed E-state index contributed by atoms with van der Waals surface area (Å²) in [7, 11) is 3.96. The van der Waals surface area contributed by atoms with Crippen molar-refractivity contribution in [3.05, 3.63) is 35.9 Å². The normalized spacial score (nSPS) is 21.1. The first-order valence-corrected chi connectivity index (χ1v) is 7.23. The molecule has 0 aliphatic heterocycles. The molecule has 1 saturated carbocycles. The maximum atomic E-state index is 4.39. The number of hydrogen-bond donors (Lipinski definition) is 1. The van der Waals surface area contributed by atoms with Gasteiger partial charge < -0.3 is 10.2 Å². The fourth-order valence-corrected chi connectivity index (χ4v) is 2.56. The standard InChI is InChI=1S/C16H25N3.HI/c1-4-8-14-11-15(14)18-16(17-2)19(3)12-13-9-6-5-7-10-13;/h5-7,9-10,14-15H,4,8,11-12H2,1-3H3,(H,17,18);1H. The van der Waals surface area contributed by atoms with Gasteiger partial charge in [0.25, 0.3) is 0 Å². The van der Waals surface area contributed by atoms with Crippen molar-refractivity contribution in [3.8, 4) is 0 Å². The van der Waals surface area contributed by atoms with Gasteiger partial charge in [0, 0.05) is 26.7 Å². The van der Waals surface area contributed by atoms with Gasteiger partial charge in [0.1, 0.15) is 0 Å². The summed E-state index contributed by atoms with van der Waals surface area (Å²) >= 11 is 0. The van der Waals surface area contributed by atoms with Crippen LogP contribution in [0, 0.1) is 5.92 Å². The lowest BCUT2D eigenvalue weighted by Crippen LogP contribution is -2.40. The van der Waals surface area contributed by atoms with Gasteiger partial charge in [0.15, 0.2) is 5.96 Å². The molecular formula is C16H26IN3. The molecule has 0 radical (unpaired) electrons. The number of guanidine groups is 1. The van der Waals surface area contributed by atoms with Crippen molar-refractivity contribution >= 4 is 29.9 Å². The zero-order valence-electron chi connectivity index (χ0n) is 12.7. The fourth-order valence-electron chi connectivity index (χ4n) is 2.56. The molecule has 4 heteroatoms. The predicted molar refractivity (Wildman–Crippen MR) is 96.6 cm³/mol. The molecule has 0 heterocycles. The minimum absolute atomic E-state index is 0. The predicted octanol–water partition coefficient (Wildman–Crippen LogP) is 3.50. The number of nitrogens with zero attached hydrogens (tertiary/aromatic N) is 2. The monoisotopic (exact) mass is 387 g/mol. The summed E-state index contributed by atoms with van der Waals surface area (Å²) in [6.07, 6.45) is 3.91. The highest BCUT2D eigenvalue weighted by atomic mass is 127. The third kappa shape index (κ3) is 4.96.